The number of aromatic nitrogens is 2. The van der Waals surface area contributed by atoms with Crippen molar-refractivity contribution in [3.8, 4) is 5.75 Å². The quantitative estimate of drug-likeness (QED) is 0.388. The molecule has 8 heteroatoms. The van der Waals surface area contributed by atoms with Gasteiger partial charge in [-0.15, -0.1) is 0 Å². The van der Waals surface area contributed by atoms with Gasteiger partial charge < -0.3 is 25.2 Å². The Morgan fingerprint density at radius 3 is 2.50 bits per heavy atom. The van der Waals surface area contributed by atoms with Crippen molar-refractivity contribution < 1.29 is 4.74 Å². The summed E-state index contributed by atoms with van der Waals surface area (Å²) in [6, 6.07) is 14.9. The summed E-state index contributed by atoms with van der Waals surface area (Å²) in [5, 5.41) is 8.24. The lowest BCUT2D eigenvalue weighted by atomic mass is 10.0. The summed E-state index contributed by atoms with van der Waals surface area (Å²) in [6.45, 7) is 4.84. The fourth-order valence-electron chi connectivity index (χ4n) is 4.84. The summed E-state index contributed by atoms with van der Waals surface area (Å²) in [6.07, 6.45) is 3.18. The predicted molar refractivity (Wildman–Crippen MR) is 150 cm³/mol. The third-order valence-electron chi connectivity index (χ3n) is 6.79. The molecule has 0 amide bonds. The third-order valence-corrected chi connectivity index (χ3v) is 6.79. The molecule has 1 aliphatic rings. The molecule has 1 aromatic heterocycles. The third kappa shape index (κ3) is 6.56. The molecule has 0 saturated carbocycles. The fraction of sp³-hybridized carbons (Fsp3) is 0.500. The van der Waals surface area contributed by atoms with Crippen LogP contribution in [0.4, 0.5) is 17.5 Å². The van der Waals surface area contributed by atoms with Gasteiger partial charge in [0.05, 0.1) is 12.6 Å². The highest BCUT2D eigenvalue weighted by Crippen LogP contribution is 2.31. The number of nitrogens with zero attached hydrogens (tertiary/aromatic N) is 5. The lowest BCUT2D eigenvalue weighted by Crippen LogP contribution is -2.39. The van der Waals surface area contributed by atoms with Gasteiger partial charge in [0.1, 0.15) is 11.6 Å². The number of hydrogen-bond acceptors (Lipinski definition) is 8. The topological polar surface area (TPSA) is 68.8 Å². The second kappa shape index (κ2) is 12.2. The van der Waals surface area contributed by atoms with Gasteiger partial charge in [-0.25, -0.2) is 4.98 Å². The molecule has 0 bridgehead atoms. The van der Waals surface area contributed by atoms with Gasteiger partial charge in [-0.3, -0.25) is 4.90 Å². The lowest BCUT2D eigenvalue weighted by molar-refractivity contribution is 0.209. The van der Waals surface area contributed by atoms with Gasteiger partial charge in [0.25, 0.3) is 0 Å². The van der Waals surface area contributed by atoms with Crippen molar-refractivity contribution in [2.75, 3.05) is 77.0 Å². The second-order valence-corrected chi connectivity index (χ2v) is 10.0. The van der Waals surface area contributed by atoms with Crippen LogP contribution in [0.25, 0.3) is 10.9 Å². The van der Waals surface area contributed by atoms with E-state index in [0.29, 0.717) is 12.0 Å². The Kier molecular flexibility index (Phi) is 8.83. The van der Waals surface area contributed by atoms with Crippen LogP contribution >= 0.6 is 0 Å². The Labute approximate surface area is 215 Å². The molecular formula is C28H41N7O. The number of fused-ring (bicyclic) bond motifs is 1. The molecule has 1 saturated heterocycles. The van der Waals surface area contributed by atoms with Crippen molar-refractivity contribution >= 4 is 28.4 Å². The molecule has 2 aromatic carbocycles. The summed E-state index contributed by atoms with van der Waals surface area (Å²) in [7, 11) is 10.1. The number of methoxy groups -OCH3 is 1. The molecule has 3 aromatic rings. The molecule has 1 aliphatic heterocycles. The van der Waals surface area contributed by atoms with E-state index in [1.54, 1.807) is 7.11 Å². The molecule has 1 fully saturated rings. The summed E-state index contributed by atoms with van der Waals surface area (Å²) >= 11 is 0. The molecule has 0 unspecified atom stereocenters. The van der Waals surface area contributed by atoms with E-state index in [-0.39, 0.29) is 0 Å². The highest BCUT2D eigenvalue weighted by atomic mass is 16.5. The number of likely N-dealkylation sites (tertiary alicyclic amines) is 1. The van der Waals surface area contributed by atoms with Crippen molar-refractivity contribution in [3.63, 3.8) is 0 Å². The van der Waals surface area contributed by atoms with Crippen molar-refractivity contribution in [2.24, 2.45) is 0 Å². The zero-order valence-electron chi connectivity index (χ0n) is 22.4. The van der Waals surface area contributed by atoms with E-state index in [0.717, 1.165) is 74.5 Å². The van der Waals surface area contributed by atoms with Gasteiger partial charge in [-0.1, -0.05) is 18.2 Å². The average molecular weight is 492 g/mol. The first-order valence-corrected chi connectivity index (χ1v) is 12.9. The lowest BCUT2D eigenvalue weighted by Gasteiger charge is -2.34. The van der Waals surface area contributed by atoms with Gasteiger partial charge in [0.2, 0.25) is 5.95 Å². The summed E-state index contributed by atoms with van der Waals surface area (Å²) in [5.74, 6) is 2.58. The Hall–Kier alpha value is -3.10. The van der Waals surface area contributed by atoms with Crippen LogP contribution < -0.4 is 20.3 Å². The maximum atomic E-state index is 5.69. The largest absolute Gasteiger partial charge is 0.496 e. The number of para-hydroxylation sites is 1. The highest BCUT2D eigenvalue weighted by molar-refractivity contribution is 5.90. The molecule has 8 nitrogen and oxygen atoms in total. The van der Waals surface area contributed by atoms with Crippen molar-refractivity contribution in [2.45, 2.75) is 31.8 Å². The molecule has 36 heavy (non-hydrogen) atoms. The van der Waals surface area contributed by atoms with Gasteiger partial charge in [0.15, 0.2) is 0 Å². The van der Waals surface area contributed by atoms with E-state index in [2.05, 4.69) is 89.9 Å². The summed E-state index contributed by atoms with van der Waals surface area (Å²) in [4.78, 5) is 16.5. The van der Waals surface area contributed by atoms with E-state index in [1.165, 1.54) is 11.3 Å². The van der Waals surface area contributed by atoms with E-state index in [1.807, 2.05) is 6.07 Å². The first-order valence-electron chi connectivity index (χ1n) is 12.9. The standard InChI is InChI=1S/C28H41N7O/c1-33(2)17-9-16-29-28-31-24-11-7-6-10-22(24)27(32-28)30-21-14-18-35(19-15-21)20-23-25(34(3)4)12-8-13-26(23)36-5/h6-8,10-13,21H,9,14-20H2,1-5H3,(H2,29,30,31,32). The molecule has 2 N–H and O–H groups in total. The zero-order valence-corrected chi connectivity index (χ0v) is 22.4. The van der Waals surface area contributed by atoms with Gasteiger partial charge in [0, 0.05) is 63.0 Å². The van der Waals surface area contributed by atoms with Crippen LogP contribution in [0, 0.1) is 0 Å². The number of hydrogen-bond donors (Lipinski definition) is 2. The number of nitrogens with one attached hydrogen (secondary N) is 2. The van der Waals surface area contributed by atoms with Crippen LogP contribution in [0.5, 0.6) is 5.75 Å². The van der Waals surface area contributed by atoms with Crippen LogP contribution in [-0.2, 0) is 6.54 Å². The normalized spacial score (nSPS) is 14.8. The fourth-order valence-corrected chi connectivity index (χ4v) is 4.84. The molecular weight excluding hydrogens is 450 g/mol. The van der Waals surface area contributed by atoms with E-state index >= 15 is 0 Å². The second-order valence-electron chi connectivity index (χ2n) is 10.0. The van der Waals surface area contributed by atoms with Crippen molar-refractivity contribution in [1.82, 2.24) is 19.8 Å². The summed E-state index contributed by atoms with van der Waals surface area (Å²) in [5.41, 5.74) is 3.44. The molecule has 0 atom stereocenters. The van der Waals surface area contributed by atoms with Crippen molar-refractivity contribution in [1.29, 1.82) is 0 Å². The maximum absolute atomic E-state index is 5.69. The first-order chi connectivity index (χ1) is 17.4. The maximum Gasteiger partial charge on any atom is 0.225 e. The summed E-state index contributed by atoms with van der Waals surface area (Å²) < 4.78 is 5.69. The number of anilines is 3. The smallest absolute Gasteiger partial charge is 0.225 e. The molecule has 0 radical (unpaired) electrons. The number of ether oxygens (including phenoxy) is 1. The van der Waals surface area contributed by atoms with Gasteiger partial charge >= 0.3 is 0 Å². The van der Waals surface area contributed by atoms with E-state index in [4.69, 9.17) is 14.7 Å². The number of piperidine rings is 1. The van der Waals surface area contributed by atoms with E-state index in [9.17, 15) is 0 Å². The zero-order chi connectivity index (χ0) is 25.5. The van der Waals surface area contributed by atoms with Crippen LogP contribution in [0.15, 0.2) is 42.5 Å². The molecule has 194 valence electrons. The van der Waals surface area contributed by atoms with Crippen LogP contribution in [-0.4, -0.2) is 87.3 Å². The molecule has 2 heterocycles. The van der Waals surface area contributed by atoms with Crippen molar-refractivity contribution in [3.05, 3.63) is 48.0 Å². The monoisotopic (exact) mass is 491 g/mol. The first kappa shape index (κ1) is 26.0. The Bertz CT molecular complexity index is 1130. The van der Waals surface area contributed by atoms with E-state index < -0.39 is 0 Å². The minimum atomic E-state index is 0.382. The Morgan fingerprint density at radius 2 is 1.78 bits per heavy atom. The van der Waals surface area contributed by atoms with Crippen LogP contribution in [0.2, 0.25) is 0 Å². The molecule has 0 aliphatic carbocycles. The SMILES string of the molecule is COc1cccc(N(C)C)c1CN1CCC(Nc2nc(NCCCN(C)C)nc3ccccc23)CC1. The molecule has 4 rings (SSSR count). The Morgan fingerprint density at radius 1 is 1.00 bits per heavy atom. The van der Waals surface area contributed by atoms with Gasteiger partial charge in [-0.2, -0.15) is 4.98 Å². The van der Waals surface area contributed by atoms with Gasteiger partial charge in [-0.05, 0) is 64.2 Å². The number of rotatable bonds is 11. The number of benzene rings is 2. The highest BCUT2D eigenvalue weighted by Gasteiger charge is 2.23. The predicted octanol–water partition coefficient (Wildman–Crippen LogP) is 4.14. The average Bonchev–Trinajstić information content (AvgIpc) is 2.87. The Balaban J connectivity index is 1.41. The molecule has 0 spiro atoms. The van der Waals surface area contributed by atoms with Crippen LogP contribution in [0.1, 0.15) is 24.8 Å². The minimum Gasteiger partial charge on any atom is -0.496 e. The van der Waals surface area contributed by atoms with Crippen LogP contribution in [0.3, 0.4) is 0 Å². The minimum absolute atomic E-state index is 0.382.